The number of thiophene rings is 1. The minimum absolute atomic E-state index is 0.118. The van der Waals surface area contributed by atoms with E-state index in [4.69, 9.17) is 0 Å². The molecule has 20 heavy (non-hydrogen) atoms. The Labute approximate surface area is 132 Å². The van der Waals surface area contributed by atoms with Crippen LogP contribution < -0.4 is 5.32 Å². The zero-order valence-electron chi connectivity index (χ0n) is 10.4. The fourth-order valence-corrected chi connectivity index (χ4v) is 4.65. The summed E-state index contributed by atoms with van der Waals surface area (Å²) in [5, 5.41) is 2.90. The van der Waals surface area contributed by atoms with Crippen molar-refractivity contribution in [1.82, 2.24) is 0 Å². The smallest absolute Gasteiger partial charge is 0.152 e. The van der Waals surface area contributed by atoms with Crippen LogP contribution in [-0.2, 0) is 6.42 Å². The Morgan fingerprint density at radius 1 is 1.15 bits per heavy atom. The van der Waals surface area contributed by atoms with Gasteiger partial charge in [-0.3, -0.25) is 0 Å². The van der Waals surface area contributed by atoms with Gasteiger partial charge in [-0.1, -0.05) is 0 Å². The maximum atomic E-state index is 13.7. The molecule has 0 saturated carbocycles. The molecule has 6 heteroatoms. The fourth-order valence-electron chi connectivity index (χ4n) is 2.53. The van der Waals surface area contributed by atoms with Crippen molar-refractivity contribution in [2.75, 3.05) is 5.32 Å². The minimum Gasteiger partial charge on any atom is -0.373 e. The molecule has 3 rings (SSSR count). The third kappa shape index (κ3) is 2.67. The van der Waals surface area contributed by atoms with Crippen molar-refractivity contribution >= 4 is 39.6 Å². The van der Waals surface area contributed by atoms with Gasteiger partial charge in [-0.15, -0.1) is 11.3 Å². The predicted octanol–water partition coefficient (Wildman–Crippen LogP) is 5.26. The Bertz CT molecular complexity index is 633. The molecule has 1 nitrogen and oxygen atoms in total. The second kappa shape index (κ2) is 5.55. The van der Waals surface area contributed by atoms with E-state index in [2.05, 4.69) is 34.0 Å². The summed E-state index contributed by atoms with van der Waals surface area (Å²) >= 11 is 3.97. The molecule has 106 valence electrons. The second-order valence-corrected chi connectivity index (χ2v) is 7.79. The first kappa shape index (κ1) is 14.2. The molecule has 1 aromatic heterocycles. The van der Waals surface area contributed by atoms with Crippen LogP contribution in [0.15, 0.2) is 18.2 Å². The van der Waals surface area contributed by atoms with Crippen molar-refractivity contribution in [2.45, 2.75) is 25.3 Å². The highest BCUT2D eigenvalue weighted by molar-refractivity contribution is 14.1. The monoisotopic (exact) mass is 409 g/mol. The molecule has 0 radical (unpaired) electrons. The Kier molecular flexibility index (Phi) is 3.94. The first-order valence-corrected chi connectivity index (χ1v) is 8.13. The van der Waals surface area contributed by atoms with E-state index in [0.717, 1.165) is 24.8 Å². The molecule has 2 aromatic rings. The third-order valence-corrected chi connectivity index (χ3v) is 5.38. The third-order valence-electron chi connectivity index (χ3n) is 3.41. The van der Waals surface area contributed by atoms with E-state index in [-0.39, 0.29) is 11.7 Å². The van der Waals surface area contributed by atoms with Crippen molar-refractivity contribution in [1.29, 1.82) is 0 Å². The molecule has 0 fully saturated rings. The summed E-state index contributed by atoms with van der Waals surface area (Å²) < 4.78 is 41.5. The zero-order chi connectivity index (χ0) is 14.3. The summed E-state index contributed by atoms with van der Waals surface area (Å²) in [4.78, 5) is 1.26. The van der Waals surface area contributed by atoms with Gasteiger partial charge in [0.05, 0.1) is 8.93 Å². The Balaban J connectivity index is 1.93. The number of nitrogens with one attached hydrogen (secondary N) is 1. The number of aryl methyl sites for hydroxylation is 1. The lowest BCUT2D eigenvalue weighted by Gasteiger charge is -2.25. The van der Waals surface area contributed by atoms with Gasteiger partial charge in [-0.05, 0) is 53.5 Å². The summed E-state index contributed by atoms with van der Waals surface area (Å²) in [6.45, 7) is 0. The van der Waals surface area contributed by atoms with Crippen molar-refractivity contribution in [2.24, 2.45) is 0 Å². The molecule has 1 atom stereocenters. The largest absolute Gasteiger partial charge is 0.373 e. The van der Waals surface area contributed by atoms with Gasteiger partial charge in [0.25, 0.3) is 0 Å². The van der Waals surface area contributed by atoms with Gasteiger partial charge < -0.3 is 5.32 Å². The zero-order valence-corrected chi connectivity index (χ0v) is 13.3. The first-order valence-electron chi connectivity index (χ1n) is 6.24. The van der Waals surface area contributed by atoms with Crippen LogP contribution in [-0.4, -0.2) is 0 Å². The summed E-state index contributed by atoms with van der Waals surface area (Å²) in [7, 11) is 0. The quantitative estimate of drug-likeness (QED) is 0.668. The van der Waals surface area contributed by atoms with E-state index in [9.17, 15) is 13.2 Å². The topological polar surface area (TPSA) is 12.0 Å². The van der Waals surface area contributed by atoms with Crippen LogP contribution in [0.1, 0.15) is 29.3 Å². The molecule has 1 aliphatic rings. The lowest BCUT2D eigenvalue weighted by molar-refractivity contribution is 0.537. The maximum absolute atomic E-state index is 13.7. The number of halogens is 4. The molecule has 0 aliphatic heterocycles. The van der Waals surface area contributed by atoms with Gasteiger partial charge in [-0.2, -0.15) is 0 Å². The van der Waals surface area contributed by atoms with Gasteiger partial charge >= 0.3 is 0 Å². The molecule has 1 heterocycles. The Morgan fingerprint density at radius 3 is 2.55 bits per heavy atom. The number of rotatable bonds is 2. The molecule has 0 saturated heterocycles. The van der Waals surface area contributed by atoms with E-state index < -0.39 is 17.5 Å². The van der Waals surface area contributed by atoms with Gasteiger partial charge in [0.15, 0.2) is 11.6 Å². The molecular formula is C14H11F3INS. The van der Waals surface area contributed by atoms with Crippen molar-refractivity contribution < 1.29 is 13.2 Å². The molecule has 1 aromatic carbocycles. The van der Waals surface area contributed by atoms with E-state index in [1.54, 1.807) is 11.3 Å². The van der Waals surface area contributed by atoms with Crippen molar-refractivity contribution in [3.8, 4) is 0 Å². The van der Waals surface area contributed by atoms with Crippen LogP contribution in [0.25, 0.3) is 0 Å². The van der Waals surface area contributed by atoms with Gasteiger partial charge in [0.2, 0.25) is 0 Å². The molecule has 1 aliphatic carbocycles. The summed E-state index contributed by atoms with van der Waals surface area (Å²) in [5.74, 6) is -2.68. The van der Waals surface area contributed by atoms with Crippen molar-refractivity contribution in [3.05, 3.63) is 49.0 Å². The molecule has 0 spiro atoms. The average Bonchev–Trinajstić information content (AvgIpc) is 2.74. The van der Waals surface area contributed by atoms with Crippen LogP contribution >= 0.6 is 33.9 Å². The lowest BCUT2D eigenvalue weighted by atomic mass is 9.94. The molecule has 1 N–H and O–H groups in total. The van der Waals surface area contributed by atoms with Gasteiger partial charge in [0.1, 0.15) is 11.5 Å². The first-order chi connectivity index (χ1) is 9.54. The average molecular weight is 409 g/mol. The van der Waals surface area contributed by atoms with Crippen LogP contribution in [0, 0.1) is 20.3 Å². The van der Waals surface area contributed by atoms with E-state index in [1.807, 2.05) is 0 Å². The highest BCUT2D eigenvalue weighted by Gasteiger charge is 2.24. The normalized spacial score (nSPS) is 17.9. The second-order valence-electron chi connectivity index (χ2n) is 4.76. The van der Waals surface area contributed by atoms with Crippen molar-refractivity contribution in [3.63, 3.8) is 0 Å². The highest BCUT2D eigenvalue weighted by Crippen LogP contribution is 2.38. The summed E-state index contributed by atoms with van der Waals surface area (Å²) in [6, 6.07) is 3.34. The Morgan fingerprint density at radius 2 is 1.85 bits per heavy atom. The SMILES string of the molecule is Fc1cc(F)c(NC2CCCc3sc(I)cc32)c(F)c1. The molecule has 0 amide bonds. The van der Waals surface area contributed by atoms with Crippen LogP contribution in [0.3, 0.4) is 0 Å². The number of benzene rings is 1. The van der Waals surface area contributed by atoms with E-state index in [1.165, 1.54) is 7.76 Å². The van der Waals surface area contributed by atoms with E-state index in [0.29, 0.717) is 12.1 Å². The molecule has 1 unspecified atom stereocenters. The Hall–Kier alpha value is -0.760. The summed E-state index contributed by atoms with van der Waals surface area (Å²) in [6.07, 6.45) is 2.80. The van der Waals surface area contributed by atoms with Crippen LogP contribution in [0.2, 0.25) is 0 Å². The fraction of sp³-hybridized carbons (Fsp3) is 0.286. The number of hydrogen-bond acceptors (Lipinski definition) is 2. The number of hydrogen-bond donors (Lipinski definition) is 1. The minimum atomic E-state index is -0.903. The highest BCUT2D eigenvalue weighted by atomic mass is 127. The molecule has 0 bridgehead atoms. The summed E-state index contributed by atoms with van der Waals surface area (Å²) in [5.41, 5.74) is 0.860. The lowest BCUT2D eigenvalue weighted by Crippen LogP contribution is -2.17. The number of fused-ring (bicyclic) bond motifs is 1. The number of anilines is 1. The van der Waals surface area contributed by atoms with Gasteiger partial charge in [0, 0.05) is 17.0 Å². The maximum Gasteiger partial charge on any atom is 0.152 e. The van der Waals surface area contributed by atoms with Gasteiger partial charge in [-0.25, -0.2) is 13.2 Å². The van der Waals surface area contributed by atoms with Crippen LogP contribution in [0.5, 0.6) is 0 Å². The molecular weight excluding hydrogens is 398 g/mol. The van der Waals surface area contributed by atoms with Crippen LogP contribution in [0.4, 0.5) is 18.9 Å². The standard InChI is InChI=1S/C14H11F3INS/c15-7-4-9(16)14(10(17)5-7)19-11-2-1-3-12-8(11)6-13(18)20-12/h4-6,11,19H,1-3H2. The predicted molar refractivity (Wildman–Crippen MR) is 82.7 cm³/mol. The van der Waals surface area contributed by atoms with E-state index >= 15 is 0 Å².